The zero-order chi connectivity index (χ0) is 10.7. The zero-order valence-corrected chi connectivity index (χ0v) is 9.50. The summed E-state index contributed by atoms with van der Waals surface area (Å²) in [7, 11) is 0. The molecule has 0 aliphatic heterocycles. The second-order valence-corrected chi connectivity index (χ2v) is 5.38. The van der Waals surface area contributed by atoms with Crippen molar-refractivity contribution in [2.24, 2.45) is 11.3 Å². The number of carboxylic acids is 1. The van der Waals surface area contributed by atoms with Crippen molar-refractivity contribution in [3.8, 4) is 0 Å². The average molecular weight is 210 g/mol. The first kappa shape index (κ1) is 11.0. The zero-order valence-electron chi connectivity index (χ0n) is 9.50. The Kier molecular flexibility index (Phi) is 3.32. The van der Waals surface area contributed by atoms with E-state index in [4.69, 9.17) is 0 Å². The van der Waals surface area contributed by atoms with Gasteiger partial charge >= 0.3 is 5.97 Å². The summed E-state index contributed by atoms with van der Waals surface area (Å²) in [5, 5.41) is 9.29. The molecule has 2 saturated carbocycles. The summed E-state index contributed by atoms with van der Waals surface area (Å²) < 4.78 is 0. The summed E-state index contributed by atoms with van der Waals surface area (Å²) in [6.07, 6.45) is 12.0. The minimum absolute atomic E-state index is 0.287. The van der Waals surface area contributed by atoms with Crippen molar-refractivity contribution in [3.05, 3.63) is 0 Å². The third-order valence-electron chi connectivity index (χ3n) is 4.33. The number of aliphatic carboxylic acids is 1. The summed E-state index contributed by atoms with van der Waals surface area (Å²) in [4.78, 5) is 11.3. The summed E-state index contributed by atoms with van der Waals surface area (Å²) in [5.41, 5.74) is -0.287. The van der Waals surface area contributed by atoms with Crippen LogP contribution in [0.15, 0.2) is 0 Å². The highest BCUT2D eigenvalue weighted by molar-refractivity contribution is 5.78. The van der Waals surface area contributed by atoms with Gasteiger partial charge < -0.3 is 5.11 Å². The Morgan fingerprint density at radius 1 is 1.00 bits per heavy atom. The molecular weight excluding hydrogens is 188 g/mol. The third kappa shape index (κ3) is 2.35. The minimum atomic E-state index is -0.522. The van der Waals surface area contributed by atoms with Crippen LogP contribution < -0.4 is 0 Å². The van der Waals surface area contributed by atoms with Crippen LogP contribution in [0.2, 0.25) is 0 Å². The molecule has 0 aromatic carbocycles. The molecule has 2 fully saturated rings. The number of carboxylic acid groups (broad SMARTS) is 1. The number of hydrogen-bond acceptors (Lipinski definition) is 1. The SMILES string of the molecule is O=C(O)C12CCCCCCCCCC1C2. The van der Waals surface area contributed by atoms with Gasteiger partial charge in [0.05, 0.1) is 5.41 Å². The first-order valence-corrected chi connectivity index (χ1v) is 6.49. The van der Waals surface area contributed by atoms with E-state index >= 15 is 0 Å². The predicted octanol–water partition coefficient (Wildman–Crippen LogP) is 3.60. The molecule has 0 saturated heterocycles. The largest absolute Gasteiger partial charge is 0.481 e. The highest BCUT2D eigenvalue weighted by Crippen LogP contribution is 2.58. The fraction of sp³-hybridized carbons (Fsp3) is 0.923. The molecule has 2 unspecified atom stereocenters. The molecule has 0 aromatic rings. The van der Waals surface area contributed by atoms with E-state index in [0.29, 0.717) is 5.92 Å². The lowest BCUT2D eigenvalue weighted by atomic mass is 9.94. The predicted molar refractivity (Wildman–Crippen MR) is 59.7 cm³/mol. The van der Waals surface area contributed by atoms with Crippen molar-refractivity contribution in [1.82, 2.24) is 0 Å². The molecule has 0 radical (unpaired) electrons. The lowest BCUT2D eigenvalue weighted by Gasteiger charge is -2.11. The summed E-state index contributed by atoms with van der Waals surface area (Å²) in [6, 6.07) is 0. The van der Waals surface area contributed by atoms with Crippen LogP contribution in [0.1, 0.15) is 64.2 Å². The van der Waals surface area contributed by atoms with E-state index in [1.54, 1.807) is 0 Å². The van der Waals surface area contributed by atoms with Crippen LogP contribution in [0, 0.1) is 11.3 Å². The number of rotatable bonds is 1. The molecule has 0 aromatic heterocycles. The molecule has 0 bridgehead atoms. The molecule has 2 aliphatic rings. The maximum absolute atomic E-state index is 11.3. The molecule has 2 nitrogen and oxygen atoms in total. The van der Waals surface area contributed by atoms with Crippen LogP contribution in [0.4, 0.5) is 0 Å². The quantitative estimate of drug-likeness (QED) is 0.718. The highest BCUT2D eigenvalue weighted by Gasteiger charge is 2.58. The highest BCUT2D eigenvalue weighted by atomic mass is 16.4. The van der Waals surface area contributed by atoms with Gasteiger partial charge in [-0.15, -0.1) is 0 Å². The lowest BCUT2D eigenvalue weighted by molar-refractivity contribution is -0.144. The van der Waals surface area contributed by atoms with Crippen molar-refractivity contribution >= 4 is 5.97 Å². The monoisotopic (exact) mass is 210 g/mol. The van der Waals surface area contributed by atoms with E-state index in [2.05, 4.69) is 0 Å². The minimum Gasteiger partial charge on any atom is -0.481 e. The molecule has 0 spiro atoms. The fourth-order valence-corrected chi connectivity index (χ4v) is 3.15. The van der Waals surface area contributed by atoms with Gasteiger partial charge in [-0.05, 0) is 25.2 Å². The fourth-order valence-electron chi connectivity index (χ4n) is 3.15. The molecule has 0 heterocycles. The van der Waals surface area contributed by atoms with E-state index in [0.717, 1.165) is 25.7 Å². The second-order valence-electron chi connectivity index (χ2n) is 5.38. The molecule has 2 atom stereocenters. The van der Waals surface area contributed by atoms with E-state index in [1.165, 1.54) is 38.5 Å². The van der Waals surface area contributed by atoms with Crippen molar-refractivity contribution in [1.29, 1.82) is 0 Å². The Balaban J connectivity index is 1.92. The normalized spacial score (nSPS) is 37.5. The van der Waals surface area contributed by atoms with E-state index < -0.39 is 5.97 Å². The Labute approximate surface area is 92.1 Å². The van der Waals surface area contributed by atoms with Gasteiger partial charge in [0.25, 0.3) is 0 Å². The van der Waals surface area contributed by atoms with Gasteiger partial charge in [0, 0.05) is 0 Å². The molecule has 0 amide bonds. The maximum Gasteiger partial charge on any atom is 0.309 e. The van der Waals surface area contributed by atoms with Crippen LogP contribution in [0.5, 0.6) is 0 Å². The van der Waals surface area contributed by atoms with Gasteiger partial charge in [0.15, 0.2) is 0 Å². The van der Waals surface area contributed by atoms with Crippen LogP contribution >= 0.6 is 0 Å². The first-order chi connectivity index (χ1) is 7.26. The van der Waals surface area contributed by atoms with Gasteiger partial charge in [-0.2, -0.15) is 0 Å². The van der Waals surface area contributed by atoms with Crippen LogP contribution in [-0.2, 0) is 4.79 Å². The smallest absolute Gasteiger partial charge is 0.309 e. The van der Waals surface area contributed by atoms with Crippen molar-refractivity contribution < 1.29 is 9.90 Å². The second kappa shape index (κ2) is 4.54. The van der Waals surface area contributed by atoms with Gasteiger partial charge in [0.1, 0.15) is 0 Å². The van der Waals surface area contributed by atoms with Crippen molar-refractivity contribution in [3.63, 3.8) is 0 Å². The van der Waals surface area contributed by atoms with E-state index in [1.807, 2.05) is 0 Å². The average Bonchev–Trinajstić information content (AvgIpc) is 2.89. The van der Waals surface area contributed by atoms with E-state index in [-0.39, 0.29) is 5.41 Å². The molecule has 86 valence electrons. The first-order valence-electron chi connectivity index (χ1n) is 6.49. The van der Waals surface area contributed by atoms with Gasteiger partial charge in [0.2, 0.25) is 0 Å². The Hall–Kier alpha value is -0.530. The summed E-state index contributed by atoms with van der Waals surface area (Å²) >= 11 is 0. The van der Waals surface area contributed by atoms with Crippen LogP contribution in [0.25, 0.3) is 0 Å². The van der Waals surface area contributed by atoms with Crippen LogP contribution in [0.3, 0.4) is 0 Å². The maximum atomic E-state index is 11.3. The molecule has 1 N–H and O–H groups in total. The van der Waals surface area contributed by atoms with Crippen molar-refractivity contribution in [2.75, 3.05) is 0 Å². The van der Waals surface area contributed by atoms with Gasteiger partial charge in [-0.1, -0.05) is 44.9 Å². The lowest BCUT2D eigenvalue weighted by Crippen LogP contribution is -2.17. The van der Waals surface area contributed by atoms with Crippen molar-refractivity contribution in [2.45, 2.75) is 64.2 Å². The Bertz CT molecular complexity index is 237. The molecule has 2 rings (SSSR count). The Morgan fingerprint density at radius 3 is 2.27 bits per heavy atom. The van der Waals surface area contributed by atoms with Gasteiger partial charge in [-0.3, -0.25) is 4.79 Å². The number of carbonyl (C=O) groups is 1. The molecule has 15 heavy (non-hydrogen) atoms. The topological polar surface area (TPSA) is 37.3 Å². The van der Waals surface area contributed by atoms with Gasteiger partial charge in [-0.25, -0.2) is 0 Å². The third-order valence-corrected chi connectivity index (χ3v) is 4.33. The molecule has 2 aliphatic carbocycles. The standard InChI is InChI=1S/C13H22O2/c14-12(15)13-9-7-5-3-1-2-4-6-8-11(13)10-13/h11H,1-10H2,(H,14,15). The molecule has 2 heteroatoms. The summed E-state index contributed by atoms with van der Waals surface area (Å²) in [6.45, 7) is 0. The molecular formula is C13H22O2. The number of fused-ring (bicyclic) bond motifs is 1. The van der Waals surface area contributed by atoms with E-state index in [9.17, 15) is 9.90 Å². The van der Waals surface area contributed by atoms with Crippen LogP contribution in [-0.4, -0.2) is 11.1 Å². The summed E-state index contributed by atoms with van der Waals surface area (Å²) in [5.74, 6) is -0.0140. The number of hydrogen-bond donors (Lipinski definition) is 1. The Morgan fingerprint density at radius 2 is 1.60 bits per heavy atom.